The summed E-state index contributed by atoms with van der Waals surface area (Å²) in [5.74, 6) is 11.6. The summed E-state index contributed by atoms with van der Waals surface area (Å²) in [6, 6.07) is 33.8. The van der Waals surface area contributed by atoms with Crippen LogP contribution in [-0.2, 0) is 0 Å². The molecule has 4 heterocycles. The van der Waals surface area contributed by atoms with Crippen LogP contribution in [0.3, 0.4) is 0 Å². The van der Waals surface area contributed by atoms with Crippen LogP contribution in [0.5, 0.6) is 5.75 Å². The van der Waals surface area contributed by atoms with Crippen LogP contribution in [0.15, 0.2) is 103 Å². The summed E-state index contributed by atoms with van der Waals surface area (Å²) in [6.07, 6.45) is 0. The molecule has 0 saturated heterocycles. The van der Waals surface area contributed by atoms with E-state index in [0.717, 1.165) is 51.8 Å². The molecule has 208 valence electrons. The maximum absolute atomic E-state index is 6.45. The highest BCUT2D eigenvalue weighted by Gasteiger charge is 2.21. The zero-order valence-electron chi connectivity index (χ0n) is 24.1. The van der Waals surface area contributed by atoms with Gasteiger partial charge in [-0.25, -0.2) is 15.0 Å². The largest absolute Gasteiger partial charge is 0.477 e. The zero-order chi connectivity index (χ0) is 29.1. The second-order valence-corrected chi connectivity index (χ2v) is 9.88. The predicted molar refractivity (Wildman–Crippen MR) is 170 cm³/mol. The molecular weight excluding hydrogens is 522 g/mol. The van der Waals surface area contributed by atoms with Gasteiger partial charge in [0.1, 0.15) is 41.5 Å². The average Bonchev–Trinajstić information content (AvgIpc) is 3.05. The monoisotopic (exact) mass is 553 g/mol. The summed E-state index contributed by atoms with van der Waals surface area (Å²) in [7, 11) is 7.92. The van der Waals surface area contributed by atoms with Gasteiger partial charge in [-0.3, -0.25) is 0 Å². The van der Waals surface area contributed by atoms with Crippen molar-refractivity contribution in [2.75, 3.05) is 54.4 Å². The Morgan fingerprint density at radius 3 is 1.36 bits per heavy atom. The van der Waals surface area contributed by atoms with Crippen molar-refractivity contribution in [3.8, 4) is 17.6 Å². The van der Waals surface area contributed by atoms with Gasteiger partial charge in [0.05, 0.1) is 11.4 Å². The second-order valence-electron chi connectivity index (χ2n) is 9.88. The number of pyridine rings is 3. The van der Waals surface area contributed by atoms with Crippen molar-refractivity contribution in [3.63, 3.8) is 0 Å². The number of ether oxygens (including phenoxy) is 1. The van der Waals surface area contributed by atoms with Gasteiger partial charge in [0, 0.05) is 33.8 Å². The lowest BCUT2D eigenvalue weighted by Gasteiger charge is -2.28. The Balaban J connectivity index is 1.49. The Morgan fingerprint density at radius 1 is 0.500 bits per heavy atom. The molecule has 2 aromatic carbocycles. The van der Waals surface area contributed by atoms with Crippen LogP contribution in [0.25, 0.3) is 0 Å². The van der Waals surface area contributed by atoms with E-state index in [9.17, 15) is 0 Å². The number of rotatable bonds is 2. The van der Waals surface area contributed by atoms with Crippen LogP contribution >= 0.6 is 0 Å². The number of fused-ring (bicyclic) bond motifs is 8. The quantitative estimate of drug-likeness (QED) is 0.224. The predicted octanol–water partition coefficient (Wildman–Crippen LogP) is 6.69. The normalized spacial score (nSPS) is 12.5. The van der Waals surface area contributed by atoms with Gasteiger partial charge in [-0.2, -0.15) is 0 Å². The summed E-state index contributed by atoms with van der Waals surface area (Å²) in [6.45, 7) is 0.216. The zero-order valence-corrected chi connectivity index (χ0v) is 24.1. The van der Waals surface area contributed by atoms with Crippen LogP contribution < -0.4 is 24.3 Å². The molecule has 8 bridgehead atoms. The minimum atomic E-state index is 0.216. The number of anilines is 8. The topological polar surface area (TPSA) is 60.9 Å². The molecule has 42 heavy (non-hydrogen) atoms. The van der Waals surface area contributed by atoms with Gasteiger partial charge in [-0.05, 0) is 60.7 Å². The van der Waals surface area contributed by atoms with E-state index in [2.05, 4.69) is 11.8 Å². The van der Waals surface area contributed by atoms with Crippen LogP contribution in [0.4, 0.5) is 46.3 Å². The number of para-hydroxylation sites is 1. The number of nitrogens with zero attached hydrogens (tertiary/aromatic N) is 7. The van der Waals surface area contributed by atoms with E-state index < -0.39 is 0 Å². The number of hydrogen-bond donors (Lipinski definition) is 0. The summed E-state index contributed by atoms with van der Waals surface area (Å²) < 4.78 is 6.45. The van der Waals surface area contributed by atoms with E-state index in [1.54, 1.807) is 0 Å². The molecular formula is C34H31N7O. The van der Waals surface area contributed by atoms with Crippen molar-refractivity contribution in [2.45, 2.75) is 0 Å². The van der Waals surface area contributed by atoms with Crippen LogP contribution in [-0.4, -0.2) is 49.7 Å². The summed E-state index contributed by atoms with van der Waals surface area (Å²) in [5.41, 5.74) is 2.65. The Labute approximate surface area is 246 Å². The van der Waals surface area contributed by atoms with Crippen molar-refractivity contribution in [1.82, 2.24) is 15.0 Å². The second kappa shape index (κ2) is 11.5. The summed E-state index contributed by atoms with van der Waals surface area (Å²) >= 11 is 0. The van der Waals surface area contributed by atoms with Crippen molar-refractivity contribution in [3.05, 3.63) is 109 Å². The Kier molecular flexibility index (Phi) is 7.31. The highest BCUT2D eigenvalue weighted by atomic mass is 16.5. The van der Waals surface area contributed by atoms with Crippen LogP contribution in [0.1, 0.15) is 5.56 Å². The SMILES string of the molecule is CN1c2cccc(n2)N(C)c2cccc(n2)N(C)c2cccc(c2OCC#Cc2ccccc2)N(C)c2cccc1n2. The molecule has 0 N–H and O–H groups in total. The van der Waals surface area contributed by atoms with Gasteiger partial charge >= 0.3 is 0 Å². The smallest absolute Gasteiger partial charge is 0.168 e. The fraction of sp³-hybridized carbons (Fsp3) is 0.147. The maximum atomic E-state index is 6.45. The van der Waals surface area contributed by atoms with Gasteiger partial charge in [0.2, 0.25) is 0 Å². The molecule has 0 saturated carbocycles. The molecule has 0 radical (unpaired) electrons. The van der Waals surface area contributed by atoms with E-state index >= 15 is 0 Å². The molecule has 1 aliphatic heterocycles. The van der Waals surface area contributed by atoms with E-state index in [0.29, 0.717) is 5.75 Å². The highest BCUT2D eigenvalue weighted by molar-refractivity contribution is 5.80. The van der Waals surface area contributed by atoms with Crippen LogP contribution in [0, 0.1) is 11.8 Å². The number of aromatic nitrogens is 3. The molecule has 0 atom stereocenters. The molecule has 5 aromatic rings. The molecule has 6 rings (SSSR count). The molecule has 0 fully saturated rings. The fourth-order valence-corrected chi connectivity index (χ4v) is 4.80. The van der Waals surface area contributed by atoms with E-state index in [4.69, 9.17) is 19.7 Å². The van der Waals surface area contributed by atoms with Gasteiger partial charge < -0.3 is 24.3 Å². The molecule has 8 nitrogen and oxygen atoms in total. The standard InChI is InChI=1S/C34H31N7O/c1-38-26-16-8-17-27(34(26)42-24-12-15-25-13-6-5-7-14-25)39(2)29-19-10-21-31(36-29)41(4)33-23-11-22-32(37-33)40(3)30-20-9-18-28(38)35-30/h5-11,13-14,16-23H,24H2,1-4H3. The lowest BCUT2D eigenvalue weighted by molar-refractivity contribution is 0.372. The first-order valence-electron chi connectivity index (χ1n) is 13.7. The van der Waals surface area contributed by atoms with Gasteiger partial charge in [0.15, 0.2) is 5.75 Å². The number of hydrogen-bond acceptors (Lipinski definition) is 8. The van der Waals surface area contributed by atoms with Gasteiger partial charge in [0.25, 0.3) is 0 Å². The third-order valence-electron chi connectivity index (χ3n) is 7.21. The molecule has 0 aliphatic carbocycles. The highest BCUT2D eigenvalue weighted by Crippen LogP contribution is 2.42. The Hall–Kier alpha value is -5.55. The van der Waals surface area contributed by atoms with Gasteiger partial charge in [-0.15, -0.1) is 0 Å². The summed E-state index contributed by atoms with van der Waals surface area (Å²) in [5, 5.41) is 0. The first-order valence-corrected chi connectivity index (χ1v) is 13.7. The molecule has 0 unspecified atom stereocenters. The summed E-state index contributed by atoms with van der Waals surface area (Å²) in [4.78, 5) is 22.9. The Bertz CT molecular complexity index is 1690. The van der Waals surface area contributed by atoms with Crippen molar-refractivity contribution >= 4 is 46.3 Å². The third kappa shape index (κ3) is 5.28. The minimum absolute atomic E-state index is 0.216. The van der Waals surface area contributed by atoms with Gasteiger partial charge in [-0.1, -0.05) is 54.3 Å². The molecule has 8 heteroatoms. The maximum Gasteiger partial charge on any atom is 0.168 e. The molecule has 1 aliphatic rings. The van der Waals surface area contributed by atoms with Crippen molar-refractivity contribution in [1.29, 1.82) is 0 Å². The molecule has 0 spiro atoms. The number of benzene rings is 2. The lowest BCUT2D eigenvalue weighted by atomic mass is 10.2. The van der Waals surface area contributed by atoms with E-state index in [-0.39, 0.29) is 6.61 Å². The van der Waals surface area contributed by atoms with E-state index in [1.807, 2.05) is 151 Å². The van der Waals surface area contributed by atoms with Crippen LogP contribution in [0.2, 0.25) is 0 Å². The molecule has 0 amide bonds. The molecule has 3 aromatic heterocycles. The first-order chi connectivity index (χ1) is 20.5. The first kappa shape index (κ1) is 26.7. The lowest BCUT2D eigenvalue weighted by Crippen LogP contribution is -2.20. The van der Waals surface area contributed by atoms with Crippen molar-refractivity contribution in [2.24, 2.45) is 0 Å². The third-order valence-corrected chi connectivity index (χ3v) is 7.21. The average molecular weight is 554 g/mol. The Morgan fingerprint density at radius 2 is 0.905 bits per heavy atom. The fourth-order valence-electron chi connectivity index (χ4n) is 4.80. The van der Waals surface area contributed by atoms with E-state index in [1.165, 1.54) is 0 Å². The minimum Gasteiger partial charge on any atom is -0.477 e. The van der Waals surface area contributed by atoms with Crippen molar-refractivity contribution < 1.29 is 4.74 Å².